The third-order valence-electron chi connectivity index (χ3n) is 4.02. The van der Waals surface area contributed by atoms with Crippen LogP contribution < -0.4 is 10.5 Å². The van der Waals surface area contributed by atoms with Gasteiger partial charge in [0.25, 0.3) is 0 Å². The van der Waals surface area contributed by atoms with E-state index >= 15 is 0 Å². The van der Waals surface area contributed by atoms with Gasteiger partial charge in [-0.1, -0.05) is 43.3 Å². The fourth-order valence-electron chi connectivity index (χ4n) is 2.78. The highest BCUT2D eigenvalue weighted by atomic mass is 19.1. The Kier molecular flexibility index (Phi) is 3.45. The quantitative estimate of drug-likeness (QED) is 0.902. The molecule has 0 amide bonds. The van der Waals surface area contributed by atoms with Crippen molar-refractivity contribution in [2.75, 3.05) is 0 Å². The molecule has 0 saturated heterocycles. The molecule has 104 valence electrons. The second kappa shape index (κ2) is 5.25. The standard InChI is InChI=1S/C17H18FNO/c1-11(12-5-3-2-4-6-12)16-10-15(19)14-8-7-13(18)9-17(14)20-16/h2-9,11,15-16H,10,19H2,1H3/t11?,15-,16?/m0/s1. The minimum absolute atomic E-state index is 0.0262. The highest BCUT2D eigenvalue weighted by molar-refractivity contribution is 5.39. The van der Waals surface area contributed by atoms with Crippen molar-refractivity contribution in [3.8, 4) is 5.75 Å². The largest absolute Gasteiger partial charge is 0.489 e. The molecule has 0 fully saturated rings. The molecule has 1 heterocycles. The second-order valence-corrected chi connectivity index (χ2v) is 5.38. The summed E-state index contributed by atoms with van der Waals surface area (Å²) in [7, 11) is 0. The summed E-state index contributed by atoms with van der Waals surface area (Å²) in [6.07, 6.45) is 0.719. The first-order chi connectivity index (χ1) is 9.65. The van der Waals surface area contributed by atoms with E-state index in [2.05, 4.69) is 19.1 Å². The second-order valence-electron chi connectivity index (χ2n) is 5.38. The van der Waals surface area contributed by atoms with Crippen molar-refractivity contribution in [3.63, 3.8) is 0 Å². The molecule has 2 nitrogen and oxygen atoms in total. The minimum Gasteiger partial charge on any atom is -0.489 e. The average molecular weight is 271 g/mol. The van der Waals surface area contributed by atoms with Crippen LogP contribution in [0.25, 0.3) is 0 Å². The molecule has 2 N–H and O–H groups in total. The van der Waals surface area contributed by atoms with Crippen molar-refractivity contribution in [3.05, 3.63) is 65.5 Å². The number of halogens is 1. The SMILES string of the molecule is CC(c1ccccc1)C1C[C@H](N)c2ccc(F)cc2O1. The van der Waals surface area contributed by atoms with E-state index in [0.717, 1.165) is 12.0 Å². The number of hydrogen-bond acceptors (Lipinski definition) is 2. The van der Waals surface area contributed by atoms with Crippen molar-refractivity contribution < 1.29 is 9.13 Å². The zero-order chi connectivity index (χ0) is 14.1. The summed E-state index contributed by atoms with van der Waals surface area (Å²) in [5, 5.41) is 0. The first-order valence-corrected chi connectivity index (χ1v) is 6.92. The van der Waals surface area contributed by atoms with E-state index < -0.39 is 0 Å². The van der Waals surface area contributed by atoms with Crippen LogP contribution in [0.4, 0.5) is 4.39 Å². The lowest BCUT2D eigenvalue weighted by molar-refractivity contribution is 0.136. The molecule has 3 atom stereocenters. The van der Waals surface area contributed by atoms with Crippen molar-refractivity contribution >= 4 is 0 Å². The maximum atomic E-state index is 13.4. The van der Waals surface area contributed by atoms with Gasteiger partial charge in [-0.05, 0) is 11.6 Å². The van der Waals surface area contributed by atoms with Gasteiger partial charge in [0.1, 0.15) is 17.7 Å². The van der Waals surface area contributed by atoms with Crippen molar-refractivity contribution in [1.29, 1.82) is 0 Å². The molecule has 3 rings (SSSR count). The maximum Gasteiger partial charge on any atom is 0.127 e. The van der Waals surface area contributed by atoms with Crippen LogP contribution >= 0.6 is 0 Å². The number of rotatable bonds is 2. The fourth-order valence-corrected chi connectivity index (χ4v) is 2.78. The minimum atomic E-state index is -0.288. The van der Waals surface area contributed by atoms with E-state index in [1.807, 2.05) is 18.2 Å². The van der Waals surface area contributed by atoms with Crippen molar-refractivity contribution in [2.45, 2.75) is 31.4 Å². The molecule has 1 aliphatic heterocycles. The lowest BCUT2D eigenvalue weighted by Crippen LogP contribution is -2.33. The first-order valence-electron chi connectivity index (χ1n) is 6.92. The van der Waals surface area contributed by atoms with Gasteiger partial charge in [-0.3, -0.25) is 0 Å². The van der Waals surface area contributed by atoms with E-state index in [9.17, 15) is 4.39 Å². The molecule has 20 heavy (non-hydrogen) atoms. The zero-order valence-corrected chi connectivity index (χ0v) is 11.4. The van der Waals surface area contributed by atoms with Crippen LogP contribution in [0.15, 0.2) is 48.5 Å². The Labute approximate surface area is 118 Å². The van der Waals surface area contributed by atoms with Gasteiger partial charge in [-0.2, -0.15) is 0 Å². The Balaban J connectivity index is 1.87. The normalized spacial score (nSPS) is 22.8. The van der Waals surface area contributed by atoms with Crippen molar-refractivity contribution in [1.82, 2.24) is 0 Å². The monoisotopic (exact) mass is 271 g/mol. The number of hydrogen-bond donors (Lipinski definition) is 1. The van der Waals surface area contributed by atoms with Crippen LogP contribution in [0.1, 0.15) is 36.4 Å². The Hall–Kier alpha value is -1.87. The van der Waals surface area contributed by atoms with E-state index in [1.165, 1.54) is 17.7 Å². The van der Waals surface area contributed by atoms with Crippen LogP contribution in [0.2, 0.25) is 0 Å². The molecular formula is C17H18FNO. The van der Waals surface area contributed by atoms with Gasteiger partial charge in [0.15, 0.2) is 0 Å². The molecule has 0 bridgehead atoms. The number of benzene rings is 2. The summed E-state index contributed by atoms with van der Waals surface area (Å²) in [5.74, 6) is 0.513. The Morgan fingerprint density at radius 1 is 1.20 bits per heavy atom. The molecule has 0 saturated carbocycles. The number of ether oxygens (including phenoxy) is 1. The van der Waals surface area contributed by atoms with Crippen LogP contribution in [0, 0.1) is 5.82 Å². The van der Waals surface area contributed by atoms with Crippen molar-refractivity contribution in [2.24, 2.45) is 5.73 Å². The highest BCUT2D eigenvalue weighted by Crippen LogP contribution is 2.38. The van der Waals surface area contributed by atoms with Gasteiger partial charge in [-0.25, -0.2) is 4.39 Å². The number of nitrogens with two attached hydrogens (primary N) is 1. The van der Waals surface area contributed by atoms with Gasteiger partial charge in [0.05, 0.1) is 0 Å². The molecule has 0 radical (unpaired) electrons. The van der Waals surface area contributed by atoms with E-state index in [0.29, 0.717) is 5.75 Å². The molecule has 0 spiro atoms. The summed E-state index contributed by atoms with van der Waals surface area (Å²) >= 11 is 0. The van der Waals surface area contributed by atoms with E-state index in [1.54, 1.807) is 6.07 Å². The molecule has 3 heteroatoms. The summed E-state index contributed by atoms with van der Waals surface area (Å²) in [6.45, 7) is 2.12. The highest BCUT2D eigenvalue weighted by Gasteiger charge is 2.30. The Morgan fingerprint density at radius 3 is 2.70 bits per heavy atom. The third-order valence-corrected chi connectivity index (χ3v) is 4.02. The average Bonchev–Trinajstić information content (AvgIpc) is 2.46. The molecular weight excluding hydrogens is 253 g/mol. The van der Waals surface area contributed by atoms with Crippen LogP contribution in [0.3, 0.4) is 0 Å². The molecule has 2 aromatic carbocycles. The summed E-state index contributed by atoms with van der Waals surface area (Å²) in [4.78, 5) is 0. The fraction of sp³-hybridized carbons (Fsp3) is 0.294. The Morgan fingerprint density at radius 2 is 1.95 bits per heavy atom. The Bertz CT molecular complexity index is 599. The lowest BCUT2D eigenvalue weighted by atomic mass is 9.87. The first kappa shape index (κ1) is 13.1. The van der Waals surface area contributed by atoms with Gasteiger partial charge < -0.3 is 10.5 Å². The molecule has 2 unspecified atom stereocenters. The third kappa shape index (κ3) is 2.41. The van der Waals surface area contributed by atoms with Gasteiger partial charge in [0, 0.05) is 30.0 Å². The van der Waals surface area contributed by atoms with E-state index in [-0.39, 0.29) is 23.9 Å². The summed E-state index contributed by atoms with van der Waals surface area (Å²) in [6, 6.07) is 14.7. The van der Waals surface area contributed by atoms with Gasteiger partial charge in [0.2, 0.25) is 0 Å². The van der Waals surface area contributed by atoms with Gasteiger partial charge >= 0.3 is 0 Å². The maximum absolute atomic E-state index is 13.4. The molecule has 2 aromatic rings. The molecule has 0 aliphatic carbocycles. The number of fused-ring (bicyclic) bond motifs is 1. The summed E-state index contributed by atoms with van der Waals surface area (Å²) < 4.78 is 19.3. The van der Waals surface area contributed by atoms with E-state index in [4.69, 9.17) is 10.5 Å². The molecule has 1 aliphatic rings. The topological polar surface area (TPSA) is 35.2 Å². The van der Waals surface area contributed by atoms with Crippen LogP contribution in [-0.4, -0.2) is 6.10 Å². The van der Waals surface area contributed by atoms with Crippen LogP contribution in [0.5, 0.6) is 5.75 Å². The zero-order valence-electron chi connectivity index (χ0n) is 11.4. The summed E-state index contributed by atoms with van der Waals surface area (Å²) in [5.41, 5.74) is 8.30. The van der Waals surface area contributed by atoms with Crippen LogP contribution in [-0.2, 0) is 0 Å². The van der Waals surface area contributed by atoms with Gasteiger partial charge in [-0.15, -0.1) is 0 Å². The lowest BCUT2D eigenvalue weighted by Gasteiger charge is -2.34. The molecule has 0 aromatic heterocycles. The predicted molar refractivity (Wildman–Crippen MR) is 77.2 cm³/mol. The smallest absolute Gasteiger partial charge is 0.127 e. The predicted octanol–water partition coefficient (Wildman–Crippen LogP) is 3.78.